The number of imidazole rings is 1. The third-order valence-corrected chi connectivity index (χ3v) is 5.60. The Labute approximate surface area is 198 Å². The summed E-state index contributed by atoms with van der Waals surface area (Å²) in [6.45, 7) is 4.05. The molecule has 0 radical (unpaired) electrons. The standard InChI is InChI=1S/C25H20FN9/c1-13(2)31-16-8-15(10-28-11-16)21-20(26)19-18(12-30-21)34-35-23(19)25-32-22-17(5-7-29-24(22)33-25)14-4-3-6-27-9-14/h3-13,31H,1-2H3,(H,34,35)(H,29,32,33). The lowest BCUT2D eigenvalue weighted by molar-refractivity contribution is 0.638. The molecule has 0 saturated carbocycles. The fourth-order valence-corrected chi connectivity index (χ4v) is 4.12. The average Bonchev–Trinajstić information content (AvgIpc) is 3.49. The quantitative estimate of drug-likeness (QED) is 0.328. The molecule has 3 N–H and O–H groups in total. The minimum atomic E-state index is -0.504. The largest absolute Gasteiger partial charge is 0.382 e. The van der Waals surface area contributed by atoms with Crippen LogP contribution in [0.25, 0.3) is 56.0 Å². The number of hydrogen-bond acceptors (Lipinski definition) is 7. The van der Waals surface area contributed by atoms with Crippen LogP contribution in [0.5, 0.6) is 0 Å². The molecule has 0 amide bonds. The average molecular weight is 465 g/mol. The van der Waals surface area contributed by atoms with Gasteiger partial charge in [0.1, 0.15) is 11.4 Å². The minimum absolute atomic E-state index is 0.186. The van der Waals surface area contributed by atoms with Gasteiger partial charge in [-0.15, -0.1) is 0 Å². The molecule has 0 aliphatic heterocycles. The maximum absolute atomic E-state index is 15.9. The van der Waals surface area contributed by atoms with Crippen molar-refractivity contribution in [3.63, 3.8) is 0 Å². The van der Waals surface area contributed by atoms with Crippen LogP contribution in [0, 0.1) is 5.82 Å². The van der Waals surface area contributed by atoms with Crippen molar-refractivity contribution in [1.29, 1.82) is 0 Å². The van der Waals surface area contributed by atoms with E-state index < -0.39 is 5.82 Å². The molecule has 6 aromatic heterocycles. The van der Waals surface area contributed by atoms with Crippen LogP contribution >= 0.6 is 0 Å². The monoisotopic (exact) mass is 465 g/mol. The maximum Gasteiger partial charge on any atom is 0.178 e. The van der Waals surface area contributed by atoms with Crippen molar-refractivity contribution in [2.75, 3.05) is 5.32 Å². The zero-order chi connectivity index (χ0) is 23.9. The van der Waals surface area contributed by atoms with Crippen LogP contribution in [0.15, 0.2) is 61.4 Å². The van der Waals surface area contributed by atoms with Gasteiger partial charge in [-0.1, -0.05) is 6.07 Å². The van der Waals surface area contributed by atoms with Crippen molar-refractivity contribution in [3.8, 4) is 33.9 Å². The second-order valence-corrected chi connectivity index (χ2v) is 8.43. The highest BCUT2D eigenvalue weighted by molar-refractivity contribution is 5.97. The summed E-state index contributed by atoms with van der Waals surface area (Å²) < 4.78 is 15.9. The van der Waals surface area contributed by atoms with E-state index in [0.29, 0.717) is 33.6 Å². The van der Waals surface area contributed by atoms with Crippen LogP contribution in [-0.2, 0) is 0 Å². The van der Waals surface area contributed by atoms with Crippen molar-refractivity contribution in [2.24, 2.45) is 0 Å². The summed E-state index contributed by atoms with van der Waals surface area (Å²) in [5.74, 6) is -0.102. The Morgan fingerprint density at radius 2 is 1.83 bits per heavy atom. The van der Waals surface area contributed by atoms with E-state index in [-0.39, 0.29) is 11.7 Å². The molecule has 6 aromatic rings. The molecule has 0 fully saturated rings. The van der Waals surface area contributed by atoms with Gasteiger partial charge >= 0.3 is 0 Å². The topological polar surface area (TPSA) is 121 Å². The van der Waals surface area contributed by atoms with E-state index in [4.69, 9.17) is 0 Å². The van der Waals surface area contributed by atoms with Gasteiger partial charge in [-0.25, -0.2) is 14.4 Å². The Hall–Kier alpha value is -4.73. The first-order valence-electron chi connectivity index (χ1n) is 11.1. The van der Waals surface area contributed by atoms with E-state index in [1.807, 2.05) is 38.1 Å². The maximum atomic E-state index is 15.9. The molecule has 9 nitrogen and oxygen atoms in total. The van der Waals surface area contributed by atoms with Crippen molar-refractivity contribution in [3.05, 3.63) is 67.3 Å². The van der Waals surface area contributed by atoms with E-state index in [2.05, 4.69) is 45.4 Å². The lowest BCUT2D eigenvalue weighted by Gasteiger charge is -2.11. The fourth-order valence-electron chi connectivity index (χ4n) is 4.12. The molecule has 10 heteroatoms. The number of fused-ring (bicyclic) bond motifs is 2. The fraction of sp³-hybridized carbons (Fsp3) is 0.120. The first-order valence-corrected chi connectivity index (χ1v) is 11.1. The molecule has 0 bridgehead atoms. The lowest BCUT2D eigenvalue weighted by atomic mass is 10.1. The van der Waals surface area contributed by atoms with E-state index >= 15 is 4.39 Å². The third kappa shape index (κ3) is 3.65. The second kappa shape index (κ2) is 8.24. The summed E-state index contributed by atoms with van der Waals surface area (Å²) in [6, 6.07) is 7.75. The number of hydrogen-bond donors (Lipinski definition) is 3. The molecule has 0 saturated heterocycles. The number of aromatic amines is 2. The Bertz CT molecular complexity index is 1670. The van der Waals surface area contributed by atoms with E-state index in [9.17, 15) is 0 Å². The smallest absolute Gasteiger partial charge is 0.178 e. The molecular formula is C25H20FN9. The zero-order valence-electron chi connectivity index (χ0n) is 18.9. The molecule has 6 rings (SSSR count). The number of H-pyrrole nitrogens is 2. The minimum Gasteiger partial charge on any atom is -0.382 e. The van der Waals surface area contributed by atoms with Crippen molar-refractivity contribution < 1.29 is 4.39 Å². The molecule has 172 valence electrons. The van der Waals surface area contributed by atoms with Gasteiger partial charge in [-0.3, -0.25) is 20.1 Å². The van der Waals surface area contributed by atoms with Crippen LogP contribution in [0.1, 0.15) is 13.8 Å². The summed E-state index contributed by atoms with van der Waals surface area (Å²) in [5.41, 5.74) is 5.39. The highest BCUT2D eigenvalue weighted by Gasteiger charge is 2.21. The summed E-state index contributed by atoms with van der Waals surface area (Å²) in [6.07, 6.45) is 10.0. The Morgan fingerprint density at radius 3 is 2.66 bits per heavy atom. The number of rotatable bonds is 5. The summed E-state index contributed by atoms with van der Waals surface area (Å²) in [4.78, 5) is 25.0. The molecule has 0 unspecified atom stereocenters. The molecule has 0 aromatic carbocycles. The van der Waals surface area contributed by atoms with Crippen molar-refractivity contribution in [1.82, 2.24) is 40.1 Å². The van der Waals surface area contributed by atoms with E-state index in [1.165, 1.54) is 0 Å². The first-order chi connectivity index (χ1) is 17.1. The van der Waals surface area contributed by atoms with Gasteiger partial charge in [0.05, 0.1) is 28.3 Å². The molecule has 6 heterocycles. The number of pyridine rings is 4. The van der Waals surface area contributed by atoms with Crippen LogP contribution in [0.3, 0.4) is 0 Å². The highest BCUT2D eigenvalue weighted by Crippen LogP contribution is 2.34. The summed E-state index contributed by atoms with van der Waals surface area (Å²) in [5, 5.41) is 10.8. The van der Waals surface area contributed by atoms with Gasteiger partial charge in [-0.2, -0.15) is 5.10 Å². The van der Waals surface area contributed by atoms with Crippen LogP contribution in [-0.4, -0.2) is 46.1 Å². The predicted octanol–water partition coefficient (Wildman–Crippen LogP) is 4.98. The number of nitrogens with one attached hydrogen (secondary N) is 3. The summed E-state index contributed by atoms with van der Waals surface area (Å²) >= 11 is 0. The molecule has 35 heavy (non-hydrogen) atoms. The van der Waals surface area contributed by atoms with Crippen LogP contribution in [0.4, 0.5) is 10.1 Å². The number of anilines is 1. The number of nitrogens with zero attached hydrogens (tertiary/aromatic N) is 6. The molecule has 0 aliphatic rings. The van der Waals surface area contributed by atoms with Crippen LogP contribution < -0.4 is 5.32 Å². The second-order valence-electron chi connectivity index (χ2n) is 8.43. The molecule has 0 aliphatic carbocycles. The molecule has 0 spiro atoms. The predicted molar refractivity (Wildman–Crippen MR) is 132 cm³/mol. The third-order valence-electron chi connectivity index (χ3n) is 5.60. The van der Waals surface area contributed by atoms with Gasteiger partial charge in [0.15, 0.2) is 17.3 Å². The first kappa shape index (κ1) is 20.8. The Morgan fingerprint density at radius 1 is 0.943 bits per heavy atom. The molecular weight excluding hydrogens is 445 g/mol. The van der Waals surface area contributed by atoms with Gasteiger partial charge in [-0.05, 0) is 32.0 Å². The highest BCUT2D eigenvalue weighted by atomic mass is 19.1. The Kier molecular flexibility index (Phi) is 4.91. The summed E-state index contributed by atoms with van der Waals surface area (Å²) in [7, 11) is 0. The lowest BCUT2D eigenvalue weighted by Crippen LogP contribution is -2.09. The van der Waals surface area contributed by atoms with Gasteiger partial charge in [0, 0.05) is 53.7 Å². The van der Waals surface area contributed by atoms with Gasteiger partial charge < -0.3 is 10.3 Å². The normalized spacial score (nSPS) is 11.5. The van der Waals surface area contributed by atoms with Gasteiger partial charge in [0.25, 0.3) is 0 Å². The zero-order valence-corrected chi connectivity index (χ0v) is 18.9. The van der Waals surface area contributed by atoms with Gasteiger partial charge in [0.2, 0.25) is 0 Å². The van der Waals surface area contributed by atoms with E-state index in [0.717, 1.165) is 22.3 Å². The SMILES string of the molecule is CC(C)Nc1cncc(-c2ncc3[nH]nc(-c4nc5nccc(-c6cccnc6)c5[nH]4)c3c2F)c1. The number of aromatic nitrogens is 8. The molecule has 0 atom stereocenters. The Balaban J connectivity index is 1.49. The van der Waals surface area contributed by atoms with Crippen molar-refractivity contribution >= 4 is 27.8 Å². The van der Waals surface area contributed by atoms with Crippen molar-refractivity contribution in [2.45, 2.75) is 19.9 Å². The number of halogens is 1. The van der Waals surface area contributed by atoms with E-state index in [1.54, 1.807) is 37.2 Å². The van der Waals surface area contributed by atoms with Crippen LogP contribution in [0.2, 0.25) is 0 Å².